The minimum absolute atomic E-state index is 0. The Balaban J connectivity index is 0. The van der Waals surface area contributed by atoms with Crippen molar-refractivity contribution >= 4 is 11.8 Å². The maximum Gasteiger partial charge on any atom is 1.00 e. The van der Waals surface area contributed by atoms with Crippen molar-refractivity contribution < 1.29 is 66.1 Å². The second kappa shape index (κ2) is 6.89. The van der Waals surface area contributed by atoms with Gasteiger partial charge in [-0.1, -0.05) is 0 Å². The summed E-state index contributed by atoms with van der Waals surface area (Å²) in [5.41, 5.74) is 0. The predicted octanol–water partition coefficient (Wildman–Crippen LogP) is -3.89. The fourth-order valence-electron chi connectivity index (χ4n) is 0.278. The van der Waals surface area contributed by atoms with Crippen LogP contribution in [-0.4, -0.2) is 11.8 Å². The van der Waals surface area contributed by atoms with Gasteiger partial charge in [-0.15, -0.1) is 0 Å². The quantitative estimate of drug-likeness (QED) is 0.391. The van der Waals surface area contributed by atoms with Gasteiger partial charge < -0.3 is 14.7 Å². The van der Waals surface area contributed by atoms with Crippen molar-refractivity contribution in [3.8, 4) is 0 Å². The molecule has 0 aliphatic rings. The maximum atomic E-state index is 10.1. The first-order valence-corrected chi connectivity index (χ1v) is 2.32. The summed E-state index contributed by atoms with van der Waals surface area (Å²) in [6.07, 6.45) is -0.0718. The fourth-order valence-corrected chi connectivity index (χ4v) is 0.278. The molecule has 0 saturated heterocycles. The number of Topliss-reactive ketones (excluding diaryl/α,β-unsaturated/α-hetero) is 1. The van der Waals surface area contributed by atoms with Crippen molar-refractivity contribution in [2.24, 2.45) is 0 Å². The van der Waals surface area contributed by atoms with E-state index in [0.29, 0.717) is 0 Å². The molecule has 0 bridgehead atoms. The third-order valence-corrected chi connectivity index (χ3v) is 0.681. The summed E-state index contributed by atoms with van der Waals surface area (Å²) in [6.45, 7) is 1.35. The monoisotopic (exact) mass is 154 g/mol. The molecule has 0 aromatic carbocycles. The Morgan fingerprint density at radius 1 is 1.33 bits per heavy atom. The molecular weight excluding hydrogens is 147 g/mol. The first-order chi connectivity index (χ1) is 3.63. The Bertz CT molecular complexity index is 96.8. The van der Waals surface area contributed by atoms with E-state index in [1.165, 1.54) is 6.92 Å². The normalized spacial score (nSPS) is 7.67. The van der Waals surface area contributed by atoms with Crippen LogP contribution < -0.4 is 56.5 Å². The minimum Gasteiger partial charge on any atom is -0.550 e. The molecule has 0 radical (unpaired) electrons. The van der Waals surface area contributed by atoms with Crippen LogP contribution >= 0.6 is 0 Å². The average Bonchev–Trinajstić information content (AvgIpc) is 1.61. The molecule has 0 saturated carbocycles. The molecule has 0 atom stereocenters. The Hall–Kier alpha value is 0.776. The first kappa shape index (κ1) is 12.5. The Kier molecular flexibility index (Phi) is 9.53. The van der Waals surface area contributed by atoms with Crippen LogP contribution in [0.3, 0.4) is 0 Å². The van der Waals surface area contributed by atoms with Gasteiger partial charge in [0.1, 0.15) is 5.78 Å². The van der Waals surface area contributed by atoms with Gasteiger partial charge in [-0.05, 0) is 13.3 Å². The number of rotatable bonds is 3. The standard InChI is InChI=1S/C5H8O3.K/c1-4(6)2-3-5(7)8;/h2-3H2,1H3,(H,7,8);/q;+1/p-1. The minimum atomic E-state index is -1.17. The van der Waals surface area contributed by atoms with Crippen LogP contribution in [0.5, 0.6) is 0 Å². The Morgan fingerprint density at radius 3 is 1.89 bits per heavy atom. The van der Waals surface area contributed by atoms with E-state index < -0.39 is 5.97 Å². The van der Waals surface area contributed by atoms with E-state index in [0.717, 1.165) is 0 Å². The van der Waals surface area contributed by atoms with E-state index in [2.05, 4.69) is 0 Å². The molecule has 0 unspecified atom stereocenters. The summed E-state index contributed by atoms with van der Waals surface area (Å²) in [6, 6.07) is 0. The zero-order valence-electron chi connectivity index (χ0n) is 5.64. The molecule has 0 heterocycles. The van der Waals surface area contributed by atoms with Crippen molar-refractivity contribution in [2.45, 2.75) is 19.8 Å². The molecule has 9 heavy (non-hydrogen) atoms. The summed E-state index contributed by atoms with van der Waals surface area (Å²) in [5.74, 6) is -1.28. The third-order valence-electron chi connectivity index (χ3n) is 0.681. The molecule has 0 aromatic rings. The van der Waals surface area contributed by atoms with Crippen LogP contribution in [0.1, 0.15) is 19.8 Å². The fraction of sp³-hybridized carbons (Fsp3) is 0.600. The van der Waals surface area contributed by atoms with E-state index in [1.807, 2.05) is 0 Å². The smallest absolute Gasteiger partial charge is 0.550 e. The van der Waals surface area contributed by atoms with Gasteiger partial charge in [0.25, 0.3) is 0 Å². The molecule has 0 aliphatic heterocycles. The number of carbonyl (C=O) groups is 2. The van der Waals surface area contributed by atoms with E-state index in [4.69, 9.17) is 0 Å². The predicted molar refractivity (Wildman–Crippen MR) is 24.9 cm³/mol. The van der Waals surface area contributed by atoms with Gasteiger partial charge in [0.15, 0.2) is 0 Å². The van der Waals surface area contributed by atoms with Crippen molar-refractivity contribution in [1.29, 1.82) is 0 Å². The van der Waals surface area contributed by atoms with Crippen LogP contribution in [0.4, 0.5) is 0 Å². The van der Waals surface area contributed by atoms with Gasteiger partial charge in [-0.25, -0.2) is 0 Å². The van der Waals surface area contributed by atoms with Crippen molar-refractivity contribution in [1.82, 2.24) is 0 Å². The van der Waals surface area contributed by atoms with E-state index in [9.17, 15) is 14.7 Å². The summed E-state index contributed by atoms with van der Waals surface area (Å²) in [4.78, 5) is 19.7. The second-order valence-electron chi connectivity index (χ2n) is 1.57. The average molecular weight is 154 g/mol. The molecule has 0 rings (SSSR count). The van der Waals surface area contributed by atoms with Crippen LogP contribution in [0.25, 0.3) is 0 Å². The van der Waals surface area contributed by atoms with Crippen LogP contribution in [-0.2, 0) is 9.59 Å². The molecule has 4 heteroatoms. The molecule has 0 aromatic heterocycles. The number of ketones is 1. The van der Waals surface area contributed by atoms with E-state index in [1.54, 1.807) is 0 Å². The Labute approximate surface area is 96.2 Å². The van der Waals surface area contributed by atoms with Crippen LogP contribution in [0, 0.1) is 0 Å². The molecule has 0 amide bonds. The first-order valence-electron chi connectivity index (χ1n) is 2.32. The molecule has 3 nitrogen and oxygen atoms in total. The summed E-state index contributed by atoms with van der Waals surface area (Å²) in [5, 5.41) is 9.64. The van der Waals surface area contributed by atoms with E-state index in [-0.39, 0.29) is 70.0 Å². The maximum absolute atomic E-state index is 10.1. The number of hydrogen-bond donors (Lipinski definition) is 0. The molecule has 0 spiro atoms. The number of aliphatic carboxylic acids is 1. The van der Waals surface area contributed by atoms with Gasteiger partial charge in [0, 0.05) is 12.4 Å². The van der Waals surface area contributed by atoms with Crippen LogP contribution in [0.2, 0.25) is 0 Å². The SMILES string of the molecule is CC(=O)CCC(=O)[O-].[K+]. The topological polar surface area (TPSA) is 57.2 Å². The van der Waals surface area contributed by atoms with Gasteiger partial charge in [0.2, 0.25) is 0 Å². The molecule has 46 valence electrons. The largest absolute Gasteiger partial charge is 1.00 e. The third kappa shape index (κ3) is 12.1. The second-order valence-corrected chi connectivity index (χ2v) is 1.57. The van der Waals surface area contributed by atoms with Gasteiger partial charge >= 0.3 is 51.4 Å². The number of carbonyl (C=O) groups excluding carboxylic acids is 2. The van der Waals surface area contributed by atoms with Gasteiger partial charge in [-0.3, -0.25) is 0 Å². The Morgan fingerprint density at radius 2 is 1.78 bits per heavy atom. The summed E-state index contributed by atoms with van der Waals surface area (Å²) in [7, 11) is 0. The van der Waals surface area contributed by atoms with Gasteiger partial charge in [0.05, 0.1) is 0 Å². The van der Waals surface area contributed by atoms with Crippen molar-refractivity contribution in [2.75, 3.05) is 0 Å². The summed E-state index contributed by atoms with van der Waals surface area (Å²) >= 11 is 0. The molecule has 0 aliphatic carbocycles. The van der Waals surface area contributed by atoms with Crippen molar-refractivity contribution in [3.63, 3.8) is 0 Å². The van der Waals surface area contributed by atoms with Gasteiger partial charge in [-0.2, -0.15) is 0 Å². The number of carboxylic acid groups (broad SMARTS) is 1. The molecule has 0 fully saturated rings. The van der Waals surface area contributed by atoms with Crippen LogP contribution in [0.15, 0.2) is 0 Å². The zero-order valence-corrected chi connectivity index (χ0v) is 8.76. The number of carboxylic acids is 1. The van der Waals surface area contributed by atoms with Crippen molar-refractivity contribution in [3.05, 3.63) is 0 Å². The zero-order chi connectivity index (χ0) is 6.57. The van der Waals surface area contributed by atoms with E-state index >= 15 is 0 Å². The summed E-state index contributed by atoms with van der Waals surface area (Å²) < 4.78 is 0. The molecular formula is C5H7KO3. The molecule has 0 N–H and O–H groups in total. The number of hydrogen-bond acceptors (Lipinski definition) is 3.